The molecule has 3 rings (SSSR count). The van der Waals surface area contributed by atoms with Crippen molar-refractivity contribution in [3.05, 3.63) is 24.6 Å². The summed E-state index contributed by atoms with van der Waals surface area (Å²) in [7, 11) is 0. The third-order valence-electron chi connectivity index (χ3n) is 3.05. The van der Waals surface area contributed by atoms with Gasteiger partial charge in [0.2, 0.25) is 0 Å². The summed E-state index contributed by atoms with van der Waals surface area (Å²) < 4.78 is 0. The van der Waals surface area contributed by atoms with E-state index in [4.69, 9.17) is 0 Å². The van der Waals surface area contributed by atoms with E-state index in [9.17, 15) is 0 Å². The Balaban J connectivity index is 1.63. The van der Waals surface area contributed by atoms with Crippen LogP contribution in [0.3, 0.4) is 0 Å². The molecule has 84 valence electrons. The van der Waals surface area contributed by atoms with E-state index >= 15 is 0 Å². The standard InChI is InChI=1S/C12H16N4/c1-3-13-9-7-11(9)15-5-2-6-16-12-8-10(12)14-4-1/h1-6,9-13,16H,7-8H2/b3-1+,6-2?,14-4?,15-5?/t9-,10+,11+,12-/m1/s1. The summed E-state index contributed by atoms with van der Waals surface area (Å²) in [6.45, 7) is 0. The van der Waals surface area contributed by atoms with Gasteiger partial charge in [0.25, 0.3) is 0 Å². The van der Waals surface area contributed by atoms with Gasteiger partial charge in [0.1, 0.15) is 0 Å². The highest BCUT2D eigenvalue weighted by molar-refractivity contribution is 5.72. The number of rotatable bonds is 0. The number of nitrogens with zero attached hydrogens (tertiary/aromatic N) is 2. The zero-order valence-corrected chi connectivity index (χ0v) is 9.08. The van der Waals surface area contributed by atoms with Crippen molar-refractivity contribution in [3.63, 3.8) is 0 Å². The highest BCUT2D eigenvalue weighted by atomic mass is 15.1. The molecule has 0 aromatic rings. The predicted molar refractivity (Wildman–Crippen MR) is 65.9 cm³/mol. The predicted octanol–water partition coefficient (Wildman–Crippen LogP) is 0.630. The first-order chi connectivity index (χ1) is 7.93. The maximum absolute atomic E-state index is 4.44. The van der Waals surface area contributed by atoms with Gasteiger partial charge < -0.3 is 10.6 Å². The lowest BCUT2D eigenvalue weighted by Gasteiger charge is -1.96. The van der Waals surface area contributed by atoms with Crippen LogP contribution in [0.25, 0.3) is 0 Å². The minimum atomic E-state index is 0.447. The summed E-state index contributed by atoms with van der Waals surface area (Å²) in [6, 6.07) is 1.92. The van der Waals surface area contributed by atoms with E-state index in [1.165, 1.54) is 0 Å². The Morgan fingerprint density at radius 2 is 1.31 bits per heavy atom. The highest BCUT2D eigenvalue weighted by Crippen LogP contribution is 2.26. The fraction of sp³-hybridized carbons (Fsp3) is 0.500. The van der Waals surface area contributed by atoms with E-state index in [2.05, 4.69) is 20.6 Å². The fourth-order valence-corrected chi connectivity index (χ4v) is 1.82. The Hall–Kier alpha value is -1.58. The molecular formula is C12H16N4. The van der Waals surface area contributed by atoms with Gasteiger partial charge in [0.05, 0.1) is 24.2 Å². The van der Waals surface area contributed by atoms with Crippen LogP contribution < -0.4 is 10.6 Å². The van der Waals surface area contributed by atoms with Crippen molar-refractivity contribution < 1.29 is 0 Å². The van der Waals surface area contributed by atoms with Gasteiger partial charge in [-0.1, -0.05) is 0 Å². The van der Waals surface area contributed by atoms with Crippen LogP contribution >= 0.6 is 0 Å². The van der Waals surface area contributed by atoms with Crippen molar-refractivity contribution in [2.75, 3.05) is 0 Å². The van der Waals surface area contributed by atoms with Gasteiger partial charge >= 0.3 is 0 Å². The third-order valence-corrected chi connectivity index (χ3v) is 3.05. The fourth-order valence-electron chi connectivity index (χ4n) is 1.82. The molecule has 0 spiro atoms. The van der Waals surface area contributed by atoms with Gasteiger partial charge in [-0.05, 0) is 37.4 Å². The van der Waals surface area contributed by atoms with Gasteiger partial charge in [0, 0.05) is 12.4 Å². The third kappa shape index (κ3) is 2.32. The van der Waals surface area contributed by atoms with Crippen molar-refractivity contribution in [2.24, 2.45) is 9.98 Å². The van der Waals surface area contributed by atoms with Crippen LogP contribution in [0.4, 0.5) is 0 Å². The number of nitrogens with one attached hydrogen (secondary N) is 2. The average molecular weight is 216 g/mol. The largest absolute Gasteiger partial charge is 0.386 e. The van der Waals surface area contributed by atoms with Crippen LogP contribution in [-0.2, 0) is 0 Å². The summed E-state index contributed by atoms with van der Waals surface area (Å²) in [5, 5.41) is 6.63. The van der Waals surface area contributed by atoms with E-state index < -0.39 is 0 Å². The summed E-state index contributed by atoms with van der Waals surface area (Å²) >= 11 is 0. The molecule has 4 nitrogen and oxygen atoms in total. The Labute approximate surface area is 95.2 Å². The zero-order valence-electron chi connectivity index (χ0n) is 9.08. The summed E-state index contributed by atoms with van der Waals surface area (Å²) in [6.07, 6.45) is 13.9. The van der Waals surface area contributed by atoms with E-state index in [1.54, 1.807) is 0 Å². The lowest BCUT2D eigenvalue weighted by atomic mass is 10.5. The lowest BCUT2D eigenvalue weighted by Crippen LogP contribution is -2.12. The normalized spacial score (nSPS) is 42.0. The first-order valence-electron chi connectivity index (χ1n) is 5.82. The molecule has 0 saturated heterocycles. The Morgan fingerprint density at radius 3 is 1.81 bits per heavy atom. The van der Waals surface area contributed by atoms with E-state index in [-0.39, 0.29) is 0 Å². The Kier molecular flexibility index (Phi) is 2.48. The van der Waals surface area contributed by atoms with Crippen molar-refractivity contribution in [1.82, 2.24) is 10.6 Å². The van der Waals surface area contributed by atoms with Gasteiger partial charge in [0.15, 0.2) is 0 Å². The summed E-state index contributed by atoms with van der Waals surface area (Å²) in [5.41, 5.74) is 0. The second-order valence-electron chi connectivity index (χ2n) is 4.47. The molecule has 2 saturated carbocycles. The second-order valence-corrected chi connectivity index (χ2v) is 4.47. The lowest BCUT2D eigenvalue weighted by molar-refractivity contribution is 0.817. The van der Waals surface area contributed by atoms with E-state index in [0.29, 0.717) is 24.2 Å². The monoisotopic (exact) mass is 216 g/mol. The van der Waals surface area contributed by atoms with E-state index in [1.807, 2.05) is 37.0 Å². The van der Waals surface area contributed by atoms with Crippen LogP contribution in [-0.4, -0.2) is 36.6 Å². The first kappa shape index (κ1) is 9.63. The smallest absolute Gasteiger partial charge is 0.0721 e. The molecule has 4 atom stereocenters. The summed E-state index contributed by atoms with van der Waals surface area (Å²) in [5.74, 6) is 0. The SMILES string of the molecule is C1=CN[C@@H]2C[C@@H]2N=C/C=C/N[C@@H]2C[C@@H]2N=C1. The molecule has 2 N–H and O–H groups in total. The number of hydrogen-bond acceptors (Lipinski definition) is 4. The topological polar surface area (TPSA) is 48.8 Å². The number of hydrogen-bond donors (Lipinski definition) is 2. The molecular weight excluding hydrogens is 200 g/mol. The number of allylic oxidation sites excluding steroid dienone is 2. The van der Waals surface area contributed by atoms with Gasteiger partial charge in [-0.2, -0.15) is 0 Å². The van der Waals surface area contributed by atoms with Crippen LogP contribution in [0.1, 0.15) is 12.8 Å². The molecule has 0 aromatic carbocycles. The molecule has 0 aromatic heterocycles. The zero-order chi connectivity index (χ0) is 10.8. The number of aliphatic imine (C=N–C) groups is 2. The maximum atomic E-state index is 4.44. The quantitative estimate of drug-likeness (QED) is 0.624. The Bertz CT molecular complexity index is 333. The van der Waals surface area contributed by atoms with Crippen LogP contribution in [0, 0.1) is 0 Å². The van der Waals surface area contributed by atoms with Crippen molar-refractivity contribution >= 4 is 12.4 Å². The molecule has 2 aliphatic carbocycles. The minimum Gasteiger partial charge on any atom is -0.386 e. The van der Waals surface area contributed by atoms with Crippen LogP contribution in [0.15, 0.2) is 34.5 Å². The average Bonchev–Trinajstić information content (AvgIpc) is 3.15. The van der Waals surface area contributed by atoms with E-state index in [0.717, 1.165) is 12.8 Å². The maximum Gasteiger partial charge on any atom is 0.0721 e. The van der Waals surface area contributed by atoms with Gasteiger partial charge in [-0.3, -0.25) is 9.98 Å². The molecule has 0 radical (unpaired) electrons. The summed E-state index contributed by atoms with van der Waals surface area (Å²) in [4.78, 5) is 8.88. The molecule has 3 aliphatic rings. The van der Waals surface area contributed by atoms with Crippen molar-refractivity contribution in [3.8, 4) is 0 Å². The molecule has 2 fully saturated rings. The van der Waals surface area contributed by atoms with Crippen molar-refractivity contribution in [2.45, 2.75) is 37.0 Å². The molecule has 16 heavy (non-hydrogen) atoms. The minimum absolute atomic E-state index is 0.447. The van der Waals surface area contributed by atoms with Gasteiger partial charge in [-0.25, -0.2) is 0 Å². The molecule has 0 amide bonds. The van der Waals surface area contributed by atoms with Crippen molar-refractivity contribution in [1.29, 1.82) is 0 Å². The van der Waals surface area contributed by atoms with Crippen LogP contribution in [0.5, 0.6) is 0 Å². The molecule has 1 aliphatic heterocycles. The number of fused-ring (bicyclic) bond motifs is 2. The first-order valence-corrected chi connectivity index (χ1v) is 5.82. The van der Waals surface area contributed by atoms with Crippen LogP contribution in [0.2, 0.25) is 0 Å². The molecule has 0 bridgehead atoms. The van der Waals surface area contributed by atoms with Gasteiger partial charge in [-0.15, -0.1) is 0 Å². The molecule has 0 unspecified atom stereocenters. The molecule has 4 heteroatoms. The highest BCUT2D eigenvalue weighted by Gasteiger charge is 2.36. The Morgan fingerprint density at radius 1 is 0.812 bits per heavy atom. The molecule has 1 heterocycles. The second kappa shape index (κ2) is 4.12.